The van der Waals surface area contributed by atoms with E-state index in [9.17, 15) is 4.79 Å². The molecule has 5 nitrogen and oxygen atoms in total. The molecule has 1 amide bonds. The Kier molecular flexibility index (Phi) is 3.68. The molecule has 2 atom stereocenters. The van der Waals surface area contributed by atoms with Gasteiger partial charge in [0.2, 0.25) is 0 Å². The minimum Gasteiger partial charge on any atom is -0.337 e. The lowest BCUT2D eigenvalue weighted by Crippen LogP contribution is -2.45. The molecule has 17 heavy (non-hydrogen) atoms. The number of carbonyl (C=O) groups excluding carboxylic acids is 1. The number of likely N-dealkylation sites (tertiary alicyclic amines) is 1. The number of piperidine rings is 1. The topological polar surface area (TPSA) is 72.1 Å². The lowest BCUT2D eigenvalue weighted by Gasteiger charge is -2.36. The first kappa shape index (κ1) is 12.0. The van der Waals surface area contributed by atoms with Crippen molar-refractivity contribution in [2.75, 3.05) is 19.6 Å². The van der Waals surface area contributed by atoms with E-state index < -0.39 is 0 Å². The minimum atomic E-state index is -0.0385. The Morgan fingerprint density at radius 1 is 1.59 bits per heavy atom. The molecule has 0 spiro atoms. The van der Waals surface area contributed by atoms with Gasteiger partial charge in [0.05, 0.1) is 6.20 Å². The highest BCUT2D eigenvalue weighted by atomic mass is 16.2. The molecule has 2 heterocycles. The van der Waals surface area contributed by atoms with Crippen LogP contribution in [0.2, 0.25) is 0 Å². The molecule has 92 valence electrons. The van der Waals surface area contributed by atoms with Crippen molar-refractivity contribution in [2.24, 2.45) is 17.6 Å². The molecule has 5 heteroatoms. The Hall–Kier alpha value is -1.49. The standard InChI is InChI=1S/C12H18N4O/c1-9-2-5-16(8-10(9)6-13)12(17)11-7-14-3-4-15-11/h3-4,7,9-10H,2,5-6,8,13H2,1H3. The number of rotatable bonds is 2. The second kappa shape index (κ2) is 5.23. The smallest absolute Gasteiger partial charge is 0.274 e. The van der Waals surface area contributed by atoms with Crippen LogP contribution in [0.3, 0.4) is 0 Å². The second-order valence-corrected chi connectivity index (χ2v) is 4.60. The number of nitrogens with two attached hydrogens (primary N) is 1. The summed E-state index contributed by atoms with van der Waals surface area (Å²) in [7, 11) is 0. The average molecular weight is 234 g/mol. The van der Waals surface area contributed by atoms with Crippen LogP contribution in [0.5, 0.6) is 0 Å². The molecule has 2 N–H and O–H groups in total. The molecule has 0 bridgehead atoms. The van der Waals surface area contributed by atoms with Gasteiger partial charge in [-0.05, 0) is 24.8 Å². The monoisotopic (exact) mass is 234 g/mol. The van der Waals surface area contributed by atoms with Gasteiger partial charge >= 0.3 is 0 Å². The van der Waals surface area contributed by atoms with E-state index in [0.717, 1.165) is 19.5 Å². The lowest BCUT2D eigenvalue weighted by atomic mass is 9.87. The van der Waals surface area contributed by atoms with Crippen molar-refractivity contribution >= 4 is 5.91 Å². The maximum absolute atomic E-state index is 12.2. The fourth-order valence-electron chi connectivity index (χ4n) is 2.21. The molecule has 0 saturated carbocycles. The van der Waals surface area contributed by atoms with Crippen LogP contribution in [0.15, 0.2) is 18.6 Å². The summed E-state index contributed by atoms with van der Waals surface area (Å²) in [6.45, 7) is 4.34. The highest BCUT2D eigenvalue weighted by Crippen LogP contribution is 2.22. The fraction of sp³-hybridized carbons (Fsp3) is 0.583. The Bertz CT molecular complexity index is 381. The zero-order chi connectivity index (χ0) is 12.3. The molecule has 1 aliphatic heterocycles. The third-order valence-electron chi connectivity index (χ3n) is 3.49. The summed E-state index contributed by atoms with van der Waals surface area (Å²) in [6.07, 6.45) is 5.63. The van der Waals surface area contributed by atoms with Gasteiger partial charge in [0.25, 0.3) is 5.91 Å². The van der Waals surface area contributed by atoms with Crippen LogP contribution in [-0.4, -0.2) is 40.4 Å². The van der Waals surface area contributed by atoms with Crippen molar-refractivity contribution in [3.8, 4) is 0 Å². The van der Waals surface area contributed by atoms with Gasteiger partial charge in [0, 0.05) is 25.5 Å². The fourth-order valence-corrected chi connectivity index (χ4v) is 2.21. The predicted octanol–water partition coefficient (Wildman–Crippen LogP) is 0.533. The summed E-state index contributed by atoms with van der Waals surface area (Å²) in [5, 5.41) is 0. The predicted molar refractivity (Wildman–Crippen MR) is 64.3 cm³/mol. The number of hydrogen-bond donors (Lipinski definition) is 1. The van der Waals surface area contributed by atoms with Crippen LogP contribution >= 0.6 is 0 Å². The summed E-state index contributed by atoms with van der Waals surface area (Å²) < 4.78 is 0. The number of carbonyl (C=O) groups is 1. The van der Waals surface area contributed by atoms with Crippen LogP contribution in [0.25, 0.3) is 0 Å². The Labute approximate surface area is 101 Å². The first-order chi connectivity index (χ1) is 8.22. The van der Waals surface area contributed by atoms with E-state index in [1.54, 1.807) is 12.4 Å². The summed E-state index contributed by atoms with van der Waals surface area (Å²) in [4.78, 5) is 21.9. The van der Waals surface area contributed by atoms with Crippen molar-refractivity contribution in [2.45, 2.75) is 13.3 Å². The molecule has 1 saturated heterocycles. The van der Waals surface area contributed by atoms with Crippen LogP contribution in [0.4, 0.5) is 0 Å². The van der Waals surface area contributed by atoms with E-state index >= 15 is 0 Å². The van der Waals surface area contributed by atoms with E-state index in [2.05, 4.69) is 16.9 Å². The second-order valence-electron chi connectivity index (χ2n) is 4.60. The first-order valence-electron chi connectivity index (χ1n) is 5.97. The molecule has 1 aromatic heterocycles. The number of hydrogen-bond acceptors (Lipinski definition) is 4. The highest BCUT2D eigenvalue weighted by molar-refractivity contribution is 5.92. The normalized spacial score (nSPS) is 24.7. The summed E-state index contributed by atoms with van der Waals surface area (Å²) >= 11 is 0. The molecule has 1 aliphatic rings. The third-order valence-corrected chi connectivity index (χ3v) is 3.49. The van der Waals surface area contributed by atoms with Crippen molar-refractivity contribution < 1.29 is 4.79 Å². The Morgan fingerprint density at radius 2 is 2.41 bits per heavy atom. The molecule has 2 rings (SSSR count). The number of amides is 1. The van der Waals surface area contributed by atoms with Crippen molar-refractivity contribution in [3.63, 3.8) is 0 Å². The molecule has 1 aromatic rings. The maximum Gasteiger partial charge on any atom is 0.274 e. The molecule has 0 radical (unpaired) electrons. The summed E-state index contributed by atoms with van der Waals surface area (Å²) in [6, 6.07) is 0. The molecule has 0 aliphatic carbocycles. The average Bonchev–Trinajstić information content (AvgIpc) is 2.39. The SMILES string of the molecule is CC1CCN(C(=O)c2cnccn2)CC1CN. The van der Waals surface area contributed by atoms with E-state index in [0.29, 0.717) is 24.1 Å². The Morgan fingerprint density at radius 3 is 3.06 bits per heavy atom. The zero-order valence-electron chi connectivity index (χ0n) is 10.0. The van der Waals surface area contributed by atoms with Crippen molar-refractivity contribution in [1.29, 1.82) is 0 Å². The van der Waals surface area contributed by atoms with Crippen molar-refractivity contribution in [1.82, 2.24) is 14.9 Å². The van der Waals surface area contributed by atoms with E-state index in [1.807, 2.05) is 4.90 Å². The number of aromatic nitrogens is 2. The number of nitrogens with zero attached hydrogens (tertiary/aromatic N) is 3. The molecular formula is C12H18N4O. The summed E-state index contributed by atoms with van der Waals surface area (Å²) in [5.41, 5.74) is 6.14. The van der Waals surface area contributed by atoms with Crippen LogP contribution in [0, 0.1) is 11.8 Å². The quantitative estimate of drug-likeness (QED) is 0.810. The zero-order valence-corrected chi connectivity index (χ0v) is 10.0. The lowest BCUT2D eigenvalue weighted by molar-refractivity contribution is 0.0612. The molecule has 2 unspecified atom stereocenters. The van der Waals surface area contributed by atoms with Gasteiger partial charge in [0.15, 0.2) is 0 Å². The molecule has 1 fully saturated rings. The van der Waals surface area contributed by atoms with Gasteiger partial charge in [0.1, 0.15) is 5.69 Å². The van der Waals surface area contributed by atoms with E-state index in [4.69, 9.17) is 5.73 Å². The maximum atomic E-state index is 12.2. The summed E-state index contributed by atoms with van der Waals surface area (Å²) in [5.74, 6) is 0.943. The van der Waals surface area contributed by atoms with Gasteiger partial charge < -0.3 is 10.6 Å². The Balaban J connectivity index is 2.06. The molecular weight excluding hydrogens is 216 g/mol. The van der Waals surface area contributed by atoms with Gasteiger partial charge in [-0.15, -0.1) is 0 Å². The van der Waals surface area contributed by atoms with Gasteiger partial charge in [-0.25, -0.2) is 4.98 Å². The van der Waals surface area contributed by atoms with E-state index in [1.165, 1.54) is 6.20 Å². The van der Waals surface area contributed by atoms with Crippen LogP contribution in [0.1, 0.15) is 23.8 Å². The largest absolute Gasteiger partial charge is 0.337 e. The van der Waals surface area contributed by atoms with Gasteiger partial charge in [-0.2, -0.15) is 0 Å². The van der Waals surface area contributed by atoms with Gasteiger partial charge in [-0.1, -0.05) is 6.92 Å². The van der Waals surface area contributed by atoms with Gasteiger partial charge in [-0.3, -0.25) is 9.78 Å². The van der Waals surface area contributed by atoms with E-state index in [-0.39, 0.29) is 5.91 Å². The minimum absolute atomic E-state index is 0.0385. The van der Waals surface area contributed by atoms with Crippen LogP contribution in [-0.2, 0) is 0 Å². The van der Waals surface area contributed by atoms with Crippen molar-refractivity contribution in [3.05, 3.63) is 24.3 Å². The third kappa shape index (κ3) is 2.61. The highest BCUT2D eigenvalue weighted by Gasteiger charge is 2.28. The van der Waals surface area contributed by atoms with Crippen LogP contribution < -0.4 is 5.73 Å². The molecule has 0 aromatic carbocycles. The first-order valence-corrected chi connectivity index (χ1v) is 5.97.